The topological polar surface area (TPSA) is 44.4 Å². The summed E-state index contributed by atoms with van der Waals surface area (Å²) >= 11 is 3.39. The molecule has 1 aliphatic heterocycles. The lowest BCUT2D eigenvalue weighted by molar-refractivity contribution is -0.115. The summed E-state index contributed by atoms with van der Waals surface area (Å²) in [5.74, 6) is 0.00384. The normalized spacial score (nSPS) is 19.2. The number of hydrogen-bond acceptors (Lipinski definition) is 3. The average Bonchev–Trinajstić information content (AvgIpc) is 2.86. The van der Waals surface area contributed by atoms with Crippen molar-refractivity contribution >= 4 is 27.5 Å². The summed E-state index contributed by atoms with van der Waals surface area (Å²) in [5.41, 5.74) is 0.822. The third-order valence-electron chi connectivity index (χ3n) is 3.68. The summed E-state index contributed by atoms with van der Waals surface area (Å²) in [6.07, 6.45) is 2.50. The van der Waals surface area contributed by atoms with Gasteiger partial charge in [-0.05, 0) is 44.1 Å². The van der Waals surface area contributed by atoms with Crippen LogP contribution in [0.3, 0.4) is 0 Å². The van der Waals surface area contributed by atoms with Crippen LogP contribution in [0.15, 0.2) is 28.7 Å². The summed E-state index contributed by atoms with van der Waals surface area (Å²) in [5, 5.41) is 6.15. The molecule has 20 heavy (non-hydrogen) atoms. The number of likely N-dealkylation sites (N-methyl/N-ethyl adjacent to an activating group) is 1. The molecule has 1 aliphatic rings. The van der Waals surface area contributed by atoms with E-state index < -0.39 is 0 Å². The minimum absolute atomic E-state index is 0.00384. The van der Waals surface area contributed by atoms with E-state index in [1.54, 1.807) is 0 Å². The molecule has 1 aromatic carbocycles. The third-order valence-corrected chi connectivity index (χ3v) is 4.17. The van der Waals surface area contributed by atoms with E-state index in [-0.39, 0.29) is 5.91 Å². The quantitative estimate of drug-likeness (QED) is 0.836. The van der Waals surface area contributed by atoms with Gasteiger partial charge in [-0.15, -0.1) is 0 Å². The van der Waals surface area contributed by atoms with Crippen molar-refractivity contribution < 1.29 is 4.79 Å². The van der Waals surface area contributed by atoms with Crippen molar-refractivity contribution in [3.05, 3.63) is 28.7 Å². The van der Waals surface area contributed by atoms with Gasteiger partial charge < -0.3 is 10.6 Å². The highest BCUT2D eigenvalue weighted by Gasteiger charge is 2.22. The number of rotatable bonds is 6. The molecule has 5 heteroatoms. The number of nitrogens with one attached hydrogen (secondary N) is 2. The van der Waals surface area contributed by atoms with Crippen molar-refractivity contribution in [2.24, 2.45) is 0 Å². The Kier molecular flexibility index (Phi) is 6.01. The van der Waals surface area contributed by atoms with Gasteiger partial charge in [0.2, 0.25) is 5.91 Å². The molecule has 110 valence electrons. The summed E-state index contributed by atoms with van der Waals surface area (Å²) in [6.45, 7) is 5.72. The average molecular weight is 340 g/mol. The molecular weight excluding hydrogens is 318 g/mol. The second kappa shape index (κ2) is 7.76. The van der Waals surface area contributed by atoms with Crippen LogP contribution in [0.5, 0.6) is 0 Å². The molecule has 1 aromatic rings. The van der Waals surface area contributed by atoms with E-state index >= 15 is 0 Å². The maximum absolute atomic E-state index is 11.8. The fraction of sp³-hybridized carbons (Fsp3) is 0.533. The Hall–Kier alpha value is -0.910. The summed E-state index contributed by atoms with van der Waals surface area (Å²) in [6, 6.07) is 8.21. The number of nitrogens with zero attached hydrogens (tertiary/aromatic N) is 1. The lowest BCUT2D eigenvalue weighted by Gasteiger charge is -2.22. The Morgan fingerprint density at radius 2 is 2.35 bits per heavy atom. The molecule has 2 rings (SSSR count). The SMILES string of the molecule is CCN1CCCC1CNCC(=O)Nc1cccc(Br)c1. The summed E-state index contributed by atoms with van der Waals surface area (Å²) < 4.78 is 0.966. The van der Waals surface area contributed by atoms with Gasteiger partial charge >= 0.3 is 0 Å². The van der Waals surface area contributed by atoms with Gasteiger partial charge in [0, 0.05) is 22.7 Å². The Morgan fingerprint density at radius 1 is 1.50 bits per heavy atom. The minimum atomic E-state index is 0.00384. The van der Waals surface area contributed by atoms with Gasteiger partial charge in [-0.2, -0.15) is 0 Å². The molecule has 0 aliphatic carbocycles. The molecular formula is C15H22BrN3O. The van der Waals surface area contributed by atoms with Crippen LogP contribution in [0.2, 0.25) is 0 Å². The highest BCUT2D eigenvalue weighted by molar-refractivity contribution is 9.10. The van der Waals surface area contributed by atoms with Crippen LogP contribution in [0.4, 0.5) is 5.69 Å². The number of halogens is 1. The van der Waals surface area contributed by atoms with E-state index in [0.717, 1.165) is 23.2 Å². The van der Waals surface area contributed by atoms with E-state index in [2.05, 4.69) is 38.4 Å². The number of amides is 1. The zero-order valence-corrected chi connectivity index (χ0v) is 13.4. The first kappa shape index (κ1) is 15.5. The van der Waals surface area contributed by atoms with E-state index in [0.29, 0.717) is 12.6 Å². The molecule has 1 heterocycles. The zero-order valence-electron chi connectivity index (χ0n) is 11.9. The molecule has 0 aromatic heterocycles. The van der Waals surface area contributed by atoms with Crippen LogP contribution in [0.25, 0.3) is 0 Å². The van der Waals surface area contributed by atoms with E-state index in [9.17, 15) is 4.79 Å². The van der Waals surface area contributed by atoms with E-state index in [1.807, 2.05) is 24.3 Å². The monoisotopic (exact) mass is 339 g/mol. The maximum atomic E-state index is 11.8. The van der Waals surface area contributed by atoms with Crippen molar-refractivity contribution in [2.45, 2.75) is 25.8 Å². The van der Waals surface area contributed by atoms with Crippen LogP contribution < -0.4 is 10.6 Å². The molecule has 1 fully saturated rings. The van der Waals surface area contributed by atoms with Gasteiger partial charge in [0.05, 0.1) is 6.54 Å². The Balaban J connectivity index is 1.70. The largest absolute Gasteiger partial charge is 0.325 e. The van der Waals surface area contributed by atoms with Crippen molar-refractivity contribution in [3.63, 3.8) is 0 Å². The summed E-state index contributed by atoms with van der Waals surface area (Å²) in [4.78, 5) is 14.3. The Morgan fingerprint density at radius 3 is 3.10 bits per heavy atom. The maximum Gasteiger partial charge on any atom is 0.238 e. The number of carbonyl (C=O) groups excluding carboxylic acids is 1. The number of hydrogen-bond donors (Lipinski definition) is 2. The van der Waals surface area contributed by atoms with Gasteiger partial charge in [-0.3, -0.25) is 9.69 Å². The molecule has 1 saturated heterocycles. The zero-order chi connectivity index (χ0) is 14.4. The fourth-order valence-electron chi connectivity index (χ4n) is 2.67. The summed E-state index contributed by atoms with van der Waals surface area (Å²) in [7, 11) is 0. The molecule has 0 radical (unpaired) electrons. The molecule has 1 atom stereocenters. The number of anilines is 1. The predicted octanol–water partition coefficient (Wildman–Crippen LogP) is 2.46. The highest BCUT2D eigenvalue weighted by Crippen LogP contribution is 2.16. The second-order valence-corrected chi connectivity index (χ2v) is 6.03. The van der Waals surface area contributed by atoms with E-state index in [1.165, 1.54) is 19.4 Å². The smallest absolute Gasteiger partial charge is 0.238 e. The van der Waals surface area contributed by atoms with Crippen LogP contribution >= 0.6 is 15.9 Å². The fourth-order valence-corrected chi connectivity index (χ4v) is 3.07. The standard InChI is InChI=1S/C15H22BrN3O/c1-2-19-8-4-7-14(19)10-17-11-15(20)18-13-6-3-5-12(16)9-13/h3,5-6,9,14,17H,2,4,7-8,10-11H2,1H3,(H,18,20). The lowest BCUT2D eigenvalue weighted by atomic mass is 10.2. The van der Waals surface area contributed by atoms with E-state index in [4.69, 9.17) is 0 Å². The molecule has 0 spiro atoms. The van der Waals surface area contributed by atoms with Crippen LogP contribution in [0.1, 0.15) is 19.8 Å². The third kappa shape index (κ3) is 4.58. The number of benzene rings is 1. The van der Waals surface area contributed by atoms with Crippen molar-refractivity contribution in [1.29, 1.82) is 0 Å². The molecule has 2 N–H and O–H groups in total. The Labute approximate surface area is 129 Å². The first-order valence-electron chi connectivity index (χ1n) is 7.19. The molecule has 0 bridgehead atoms. The van der Waals surface area contributed by atoms with Crippen molar-refractivity contribution in [1.82, 2.24) is 10.2 Å². The van der Waals surface area contributed by atoms with Crippen molar-refractivity contribution in [3.8, 4) is 0 Å². The van der Waals surface area contributed by atoms with Crippen LogP contribution in [0, 0.1) is 0 Å². The Bertz CT molecular complexity index is 452. The molecule has 1 unspecified atom stereocenters. The van der Waals surface area contributed by atoms with Gasteiger partial charge in [0.25, 0.3) is 0 Å². The van der Waals surface area contributed by atoms with Gasteiger partial charge in [-0.25, -0.2) is 0 Å². The molecule has 1 amide bonds. The van der Waals surface area contributed by atoms with Crippen molar-refractivity contribution in [2.75, 3.05) is 31.5 Å². The minimum Gasteiger partial charge on any atom is -0.325 e. The molecule has 0 saturated carbocycles. The second-order valence-electron chi connectivity index (χ2n) is 5.11. The van der Waals surface area contributed by atoms with Gasteiger partial charge in [0.1, 0.15) is 0 Å². The van der Waals surface area contributed by atoms with Gasteiger partial charge in [0.15, 0.2) is 0 Å². The first-order valence-corrected chi connectivity index (χ1v) is 7.98. The number of carbonyl (C=O) groups is 1. The number of likely N-dealkylation sites (tertiary alicyclic amines) is 1. The van der Waals surface area contributed by atoms with Crippen LogP contribution in [-0.4, -0.2) is 43.0 Å². The lowest BCUT2D eigenvalue weighted by Crippen LogP contribution is -2.40. The first-order chi connectivity index (χ1) is 9.69. The predicted molar refractivity (Wildman–Crippen MR) is 85.9 cm³/mol. The van der Waals surface area contributed by atoms with Crippen LogP contribution in [-0.2, 0) is 4.79 Å². The molecule has 4 nitrogen and oxygen atoms in total. The highest BCUT2D eigenvalue weighted by atomic mass is 79.9. The van der Waals surface area contributed by atoms with Gasteiger partial charge in [-0.1, -0.05) is 28.9 Å².